The molecular weight excluding hydrogens is 326 g/mol. The molecule has 0 spiro atoms. The molecule has 2 fully saturated rings. The van der Waals surface area contributed by atoms with Crippen LogP contribution in [0.5, 0.6) is 0 Å². The number of rotatable bonds is 4. The van der Waals surface area contributed by atoms with E-state index in [1.807, 2.05) is 23.2 Å². The molecule has 3 heterocycles. The Hall–Kier alpha value is -2.11. The number of aromatic nitrogens is 3. The van der Waals surface area contributed by atoms with Gasteiger partial charge in [-0.2, -0.15) is 0 Å². The minimum absolute atomic E-state index is 0.105. The number of nitrogens with zero attached hydrogens (tertiary/aromatic N) is 4. The van der Waals surface area contributed by atoms with Gasteiger partial charge in [0.15, 0.2) is 5.65 Å². The number of aryl methyl sites for hydroxylation is 1. The smallest absolute Gasteiger partial charge is 0.317 e. The van der Waals surface area contributed by atoms with Gasteiger partial charge in [-0.15, -0.1) is 0 Å². The number of hydrogen-bond donors (Lipinski definition) is 1. The zero-order chi connectivity index (χ0) is 17.9. The van der Waals surface area contributed by atoms with E-state index in [1.54, 1.807) is 0 Å². The standard InChI is InChI=1S/C20H29N5O/c1-2-7-18-23-17-10-6-12-21-19(17)25(18)16-11-13-24(14-16)20(26)22-15-8-4-3-5-9-15/h6,10,12,15-16H,2-5,7-9,11,13-14H2,1H3,(H,22,26)/t16-/m1/s1. The molecule has 140 valence electrons. The van der Waals surface area contributed by atoms with Crippen molar-refractivity contribution in [3.63, 3.8) is 0 Å². The third-order valence-electron chi connectivity index (χ3n) is 5.74. The zero-order valence-corrected chi connectivity index (χ0v) is 15.7. The molecule has 1 N–H and O–H groups in total. The van der Waals surface area contributed by atoms with Crippen LogP contribution in [0, 0.1) is 0 Å². The molecule has 2 aromatic heterocycles. The van der Waals surface area contributed by atoms with Gasteiger partial charge in [0, 0.05) is 31.7 Å². The Labute approximate surface area is 155 Å². The molecule has 1 aliphatic heterocycles. The molecule has 0 radical (unpaired) electrons. The summed E-state index contributed by atoms with van der Waals surface area (Å²) in [7, 11) is 0. The summed E-state index contributed by atoms with van der Waals surface area (Å²) in [6.45, 7) is 3.73. The van der Waals surface area contributed by atoms with Crippen molar-refractivity contribution >= 4 is 17.2 Å². The third kappa shape index (κ3) is 3.41. The van der Waals surface area contributed by atoms with Crippen LogP contribution in [0.2, 0.25) is 0 Å². The molecule has 1 aliphatic carbocycles. The quantitative estimate of drug-likeness (QED) is 0.910. The van der Waals surface area contributed by atoms with Crippen LogP contribution in [-0.4, -0.2) is 44.6 Å². The number of imidazole rings is 1. The molecule has 1 atom stereocenters. The van der Waals surface area contributed by atoms with Gasteiger partial charge in [-0.25, -0.2) is 14.8 Å². The van der Waals surface area contributed by atoms with Gasteiger partial charge in [0.25, 0.3) is 0 Å². The van der Waals surface area contributed by atoms with Crippen molar-refractivity contribution in [3.05, 3.63) is 24.2 Å². The maximum Gasteiger partial charge on any atom is 0.317 e. The van der Waals surface area contributed by atoms with Crippen LogP contribution < -0.4 is 5.32 Å². The largest absolute Gasteiger partial charge is 0.335 e. The summed E-state index contributed by atoms with van der Waals surface area (Å²) in [6.07, 6.45) is 10.8. The highest BCUT2D eigenvalue weighted by Gasteiger charge is 2.31. The second kappa shape index (κ2) is 7.64. The normalized spacial score (nSPS) is 21.4. The predicted molar refractivity (Wildman–Crippen MR) is 102 cm³/mol. The van der Waals surface area contributed by atoms with Gasteiger partial charge in [-0.1, -0.05) is 26.2 Å². The summed E-state index contributed by atoms with van der Waals surface area (Å²) in [5, 5.41) is 3.25. The Bertz CT molecular complexity index is 765. The lowest BCUT2D eigenvalue weighted by Gasteiger charge is -2.26. The van der Waals surface area contributed by atoms with Crippen molar-refractivity contribution < 1.29 is 4.79 Å². The van der Waals surface area contributed by atoms with Crippen molar-refractivity contribution in [1.82, 2.24) is 24.8 Å². The molecule has 0 unspecified atom stereocenters. The summed E-state index contributed by atoms with van der Waals surface area (Å²) >= 11 is 0. The number of carbonyl (C=O) groups excluding carboxylic acids is 1. The molecule has 4 rings (SSSR count). The molecule has 6 heteroatoms. The molecule has 2 aromatic rings. The van der Waals surface area contributed by atoms with Crippen LogP contribution >= 0.6 is 0 Å². The van der Waals surface area contributed by atoms with Crippen molar-refractivity contribution in [2.24, 2.45) is 0 Å². The van der Waals surface area contributed by atoms with E-state index in [0.29, 0.717) is 6.04 Å². The second-order valence-corrected chi connectivity index (χ2v) is 7.67. The Morgan fingerprint density at radius 3 is 2.92 bits per heavy atom. The highest BCUT2D eigenvalue weighted by Crippen LogP contribution is 2.28. The molecule has 6 nitrogen and oxygen atoms in total. The van der Waals surface area contributed by atoms with Crippen molar-refractivity contribution in [1.29, 1.82) is 0 Å². The first kappa shape index (κ1) is 17.3. The Morgan fingerprint density at radius 1 is 1.27 bits per heavy atom. The number of fused-ring (bicyclic) bond motifs is 1. The monoisotopic (exact) mass is 355 g/mol. The number of pyridine rings is 1. The first-order chi connectivity index (χ1) is 12.8. The van der Waals surface area contributed by atoms with Gasteiger partial charge in [-0.3, -0.25) is 0 Å². The van der Waals surface area contributed by atoms with Gasteiger partial charge in [-0.05, 0) is 37.8 Å². The van der Waals surface area contributed by atoms with Gasteiger partial charge in [0.05, 0.1) is 6.04 Å². The summed E-state index contributed by atoms with van der Waals surface area (Å²) < 4.78 is 2.28. The van der Waals surface area contributed by atoms with E-state index in [4.69, 9.17) is 4.98 Å². The summed E-state index contributed by atoms with van der Waals surface area (Å²) in [6, 6.07) is 4.71. The minimum atomic E-state index is 0.105. The molecule has 2 aliphatic rings. The fourth-order valence-corrected chi connectivity index (χ4v) is 4.41. The van der Waals surface area contributed by atoms with Gasteiger partial charge in [0.1, 0.15) is 11.3 Å². The topological polar surface area (TPSA) is 63.1 Å². The van der Waals surface area contributed by atoms with Gasteiger partial charge in [0.2, 0.25) is 0 Å². The molecule has 1 saturated carbocycles. The van der Waals surface area contributed by atoms with E-state index >= 15 is 0 Å². The Balaban J connectivity index is 1.49. The highest BCUT2D eigenvalue weighted by atomic mass is 16.2. The minimum Gasteiger partial charge on any atom is -0.335 e. The summed E-state index contributed by atoms with van der Waals surface area (Å²) in [5.74, 6) is 1.10. The fraction of sp³-hybridized carbons (Fsp3) is 0.650. The number of urea groups is 1. The Kier molecular flexibility index (Phi) is 5.09. The van der Waals surface area contributed by atoms with Crippen LogP contribution in [0.4, 0.5) is 4.79 Å². The van der Waals surface area contributed by atoms with Crippen LogP contribution in [0.1, 0.15) is 63.7 Å². The number of nitrogens with one attached hydrogen (secondary N) is 1. The van der Waals surface area contributed by atoms with Crippen molar-refractivity contribution in [2.75, 3.05) is 13.1 Å². The second-order valence-electron chi connectivity index (χ2n) is 7.67. The summed E-state index contributed by atoms with van der Waals surface area (Å²) in [5.41, 5.74) is 1.91. The van der Waals surface area contributed by atoms with Crippen LogP contribution in [0.25, 0.3) is 11.2 Å². The first-order valence-corrected chi connectivity index (χ1v) is 10.1. The van der Waals surface area contributed by atoms with Crippen molar-refractivity contribution in [2.45, 2.75) is 70.4 Å². The third-order valence-corrected chi connectivity index (χ3v) is 5.74. The molecule has 26 heavy (non-hydrogen) atoms. The van der Waals surface area contributed by atoms with Gasteiger partial charge >= 0.3 is 6.03 Å². The number of amides is 2. The lowest BCUT2D eigenvalue weighted by Crippen LogP contribution is -2.44. The maximum absolute atomic E-state index is 12.7. The molecule has 0 bridgehead atoms. The summed E-state index contributed by atoms with van der Waals surface area (Å²) in [4.78, 5) is 24.0. The SMILES string of the molecule is CCCc1nc2cccnc2n1[C@@H]1CCN(C(=O)NC2CCCCC2)C1. The van der Waals surface area contributed by atoms with Crippen LogP contribution in [-0.2, 0) is 6.42 Å². The number of hydrogen-bond acceptors (Lipinski definition) is 3. The number of likely N-dealkylation sites (tertiary alicyclic amines) is 1. The van der Waals surface area contributed by atoms with Crippen LogP contribution in [0.3, 0.4) is 0 Å². The van der Waals surface area contributed by atoms with E-state index in [2.05, 4.69) is 21.8 Å². The van der Waals surface area contributed by atoms with E-state index in [-0.39, 0.29) is 12.1 Å². The predicted octanol–water partition coefficient (Wildman–Crippen LogP) is 3.67. The fourth-order valence-electron chi connectivity index (χ4n) is 4.41. The number of carbonyl (C=O) groups is 1. The molecule has 0 aromatic carbocycles. The molecule has 2 amide bonds. The van der Waals surface area contributed by atoms with E-state index in [1.165, 1.54) is 19.3 Å². The lowest BCUT2D eigenvalue weighted by molar-refractivity contribution is 0.199. The molecule has 1 saturated heterocycles. The first-order valence-electron chi connectivity index (χ1n) is 10.1. The average molecular weight is 355 g/mol. The van der Waals surface area contributed by atoms with Crippen molar-refractivity contribution in [3.8, 4) is 0 Å². The van der Waals surface area contributed by atoms with Crippen LogP contribution in [0.15, 0.2) is 18.3 Å². The lowest BCUT2D eigenvalue weighted by atomic mass is 9.96. The zero-order valence-electron chi connectivity index (χ0n) is 15.7. The Morgan fingerprint density at radius 2 is 2.12 bits per heavy atom. The van der Waals surface area contributed by atoms with E-state index in [0.717, 1.165) is 62.2 Å². The molecular formula is C20H29N5O. The highest BCUT2D eigenvalue weighted by molar-refractivity contribution is 5.75. The van der Waals surface area contributed by atoms with Gasteiger partial charge < -0.3 is 14.8 Å². The van der Waals surface area contributed by atoms with E-state index in [9.17, 15) is 4.79 Å². The maximum atomic E-state index is 12.7. The average Bonchev–Trinajstić information content (AvgIpc) is 3.27. The van der Waals surface area contributed by atoms with E-state index < -0.39 is 0 Å².